The maximum Gasteiger partial charge on any atom is 0.316 e. The third-order valence-electron chi connectivity index (χ3n) is 7.35. The van der Waals surface area contributed by atoms with Crippen molar-refractivity contribution in [2.75, 3.05) is 25.4 Å². The molecule has 0 saturated heterocycles. The van der Waals surface area contributed by atoms with Gasteiger partial charge in [-0.05, 0) is 30.9 Å². The average molecular weight is 513 g/mol. The van der Waals surface area contributed by atoms with E-state index in [1.165, 1.54) is 53.4 Å². The molecule has 3 heterocycles. The summed E-state index contributed by atoms with van der Waals surface area (Å²) in [5, 5.41) is 0.839. The van der Waals surface area contributed by atoms with Gasteiger partial charge in [0.1, 0.15) is 11.7 Å². The number of esters is 1. The fraction of sp³-hybridized carbons (Fsp3) is 0.367. The summed E-state index contributed by atoms with van der Waals surface area (Å²) in [6.07, 6.45) is 6.04. The molecular formula is C30H32N4O2S. The summed E-state index contributed by atoms with van der Waals surface area (Å²) >= 11 is 1.45. The van der Waals surface area contributed by atoms with Crippen molar-refractivity contribution < 1.29 is 9.53 Å². The van der Waals surface area contributed by atoms with E-state index in [9.17, 15) is 4.79 Å². The second-order valence-electron chi connectivity index (χ2n) is 9.66. The van der Waals surface area contributed by atoms with E-state index in [0.717, 1.165) is 48.3 Å². The van der Waals surface area contributed by atoms with Crippen LogP contribution < -0.4 is 0 Å². The summed E-state index contributed by atoms with van der Waals surface area (Å²) in [6.45, 7) is 3.72. The van der Waals surface area contributed by atoms with Gasteiger partial charge >= 0.3 is 5.97 Å². The van der Waals surface area contributed by atoms with Crippen LogP contribution in [0.25, 0.3) is 22.4 Å². The van der Waals surface area contributed by atoms with Gasteiger partial charge in [-0.15, -0.1) is 0 Å². The predicted molar refractivity (Wildman–Crippen MR) is 152 cm³/mol. The summed E-state index contributed by atoms with van der Waals surface area (Å²) in [5.41, 5.74) is 5.92. The number of hydrogen-bond donors (Lipinski definition) is 0. The van der Waals surface area contributed by atoms with Crippen LogP contribution in [0.5, 0.6) is 0 Å². The molecule has 0 spiro atoms. The summed E-state index contributed by atoms with van der Waals surface area (Å²) in [6, 6.07) is 21.8. The molecule has 0 bridgehead atoms. The molecule has 2 aromatic carbocycles. The van der Waals surface area contributed by atoms with Gasteiger partial charge < -0.3 is 14.2 Å². The normalized spacial score (nSPS) is 17.2. The molecule has 6 rings (SSSR count). The van der Waals surface area contributed by atoms with Crippen molar-refractivity contribution in [2.45, 2.75) is 45.1 Å². The van der Waals surface area contributed by atoms with E-state index in [4.69, 9.17) is 14.7 Å². The number of aromatic nitrogens is 1. The van der Waals surface area contributed by atoms with E-state index in [2.05, 4.69) is 70.1 Å². The number of rotatable bonds is 6. The van der Waals surface area contributed by atoms with Crippen molar-refractivity contribution in [2.24, 2.45) is 9.98 Å². The summed E-state index contributed by atoms with van der Waals surface area (Å²) in [4.78, 5) is 24.7. The van der Waals surface area contributed by atoms with Crippen LogP contribution in [-0.4, -0.2) is 51.9 Å². The van der Waals surface area contributed by atoms with Crippen LogP contribution in [0, 0.1) is 0 Å². The molecule has 1 saturated carbocycles. The number of fused-ring (bicyclic) bond motifs is 3. The molecule has 2 aliphatic heterocycles. The minimum Gasteiger partial charge on any atom is -0.465 e. The molecule has 0 amide bonds. The Hall–Kier alpha value is -3.32. The van der Waals surface area contributed by atoms with Gasteiger partial charge in [0.25, 0.3) is 0 Å². The van der Waals surface area contributed by atoms with Gasteiger partial charge in [-0.2, -0.15) is 0 Å². The molecule has 1 aromatic heterocycles. The van der Waals surface area contributed by atoms with Crippen LogP contribution in [0.1, 0.15) is 50.6 Å². The van der Waals surface area contributed by atoms with Gasteiger partial charge in [-0.25, -0.2) is 4.99 Å². The van der Waals surface area contributed by atoms with Gasteiger partial charge in [0.2, 0.25) is 0 Å². The van der Waals surface area contributed by atoms with Crippen molar-refractivity contribution in [3.05, 3.63) is 66.2 Å². The highest BCUT2D eigenvalue weighted by Gasteiger charge is 2.39. The number of amidine groups is 2. The Morgan fingerprint density at radius 2 is 1.68 bits per heavy atom. The number of benzene rings is 2. The zero-order chi connectivity index (χ0) is 25.2. The molecule has 7 heteroatoms. The SMILES string of the molecule is CCOC(=O)CSC1=Nc2c(c(-c3ccccc3)c(-c3ccccc3)n2C2CCCCC2)C2=NCCN12. The molecule has 3 aliphatic rings. The lowest BCUT2D eigenvalue weighted by Gasteiger charge is -2.29. The molecule has 0 radical (unpaired) electrons. The monoisotopic (exact) mass is 512 g/mol. The van der Waals surface area contributed by atoms with E-state index in [1.807, 2.05) is 6.92 Å². The molecule has 0 unspecified atom stereocenters. The first-order chi connectivity index (χ1) is 18.3. The number of carbonyl (C=O) groups excluding carboxylic acids is 1. The molecule has 1 fully saturated rings. The standard InChI is InChI=1S/C30H32N4O2S/c1-2-36-24(35)20-37-30-32-29-26(28-31-18-19-33(28)30)25(21-12-6-3-7-13-21)27(22-14-8-4-9-15-22)34(29)23-16-10-5-11-17-23/h3-4,6-9,12-15,23H,2,5,10-11,16-20H2,1H3. The second kappa shape index (κ2) is 10.6. The first kappa shape index (κ1) is 24.0. The number of aliphatic imine (C=N–C) groups is 2. The Labute approximate surface area is 222 Å². The summed E-state index contributed by atoms with van der Waals surface area (Å²) < 4.78 is 7.71. The molecule has 190 valence electrons. The van der Waals surface area contributed by atoms with E-state index in [0.29, 0.717) is 12.6 Å². The van der Waals surface area contributed by atoms with Crippen molar-refractivity contribution in [1.29, 1.82) is 0 Å². The van der Waals surface area contributed by atoms with Gasteiger partial charge in [0, 0.05) is 18.2 Å². The minimum absolute atomic E-state index is 0.212. The number of carbonyl (C=O) groups is 1. The Morgan fingerprint density at radius 1 is 0.973 bits per heavy atom. The van der Waals surface area contributed by atoms with Crippen LogP contribution in [0.15, 0.2) is 70.6 Å². The molecule has 3 aromatic rings. The highest BCUT2D eigenvalue weighted by molar-refractivity contribution is 8.14. The van der Waals surface area contributed by atoms with Crippen molar-refractivity contribution in [3.8, 4) is 22.4 Å². The zero-order valence-electron chi connectivity index (χ0n) is 21.2. The van der Waals surface area contributed by atoms with Gasteiger partial charge in [0.15, 0.2) is 5.17 Å². The van der Waals surface area contributed by atoms with Crippen LogP contribution in [-0.2, 0) is 9.53 Å². The number of nitrogens with zero attached hydrogens (tertiary/aromatic N) is 4. The Morgan fingerprint density at radius 3 is 2.38 bits per heavy atom. The lowest BCUT2D eigenvalue weighted by Crippen LogP contribution is -2.36. The van der Waals surface area contributed by atoms with Crippen LogP contribution in [0.4, 0.5) is 5.82 Å². The van der Waals surface area contributed by atoms with Crippen LogP contribution >= 0.6 is 11.8 Å². The quantitative estimate of drug-likeness (QED) is 0.345. The Balaban J connectivity index is 1.60. The predicted octanol–water partition coefficient (Wildman–Crippen LogP) is 6.69. The highest BCUT2D eigenvalue weighted by Crippen LogP contribution is 2.50. The van der Waals surface area contributed by atoms with Crippen molar-refractivity contribution in [3.63, 3.8) is 0 Å². The average Bonchev–Trinajstić information content (AvgIpc) is 3.56. The molecule has 6 nitrogen and oxygen atoms in total. The summed E-state index contributed by atoms with van der Waals surface area (Å²) in [5.74, 6) is 1.98. The topological polar surface area (TPSA) is 59.2 Å². The molecule has 0 N–H and O–H groups in total. The molecule has 1 aliphatic carbocycles. The lowest BCUT2D eigenvalue weighted by atomic mass is 9.94. The Kier molecular flexibility index (Phi) is 6.87. The lowest BCUT2D eigenvalue weighted by molar-refractivity contribution is -0.139. The van der Waals surface area contributed by atoms with Gasteiger partial charge in [-0.1, -0.05) is 91.7 Å². The molecule has 0 atom stereocenters. The van der Waals surface area contributed by atoms with Gasteiger partial charge in [0.05, 0.1) is 30.2 Å². The van der Waals surface area contributed by atoms with E-state index < -0.39 is 0 Å². The first-order valence-electron chi connectivity index (χ1n) is 13.3. The Bertz CT molecular complexity index is 1340. The van der Waals surface area contributed by atoms with E-state index in [1.54, 1.807) is 0 Å². The van der Waals surface area contributed by atoms with Crippen molar-refractivity contribution >= 4 is 34.6 Å². The van der Waals surface area contributed by atoms with Gasteiger partial charge in [-0.3, -0.25) is 9.79 Å². The zero-order valence-corrected chi connectivity index (χ0v) is 22.0. The number of thioether (sulfide) groups is 1. The fourth-order valence-electron chi connectivity index (χ4n) is 5.79. The van der Waals surface area contributed by atoms with E-state index in [-0.39, 0.29) is 11.7 Å². The van der Waals surface area contributed by atoms with E-state index >= 15 is 0 Å². The largest absolute Gasteiger partial charge is 0.465 e. The smallest absolute Gasteiger partial charge is 0.316 e. The number of ether oxygens (including phenoxy) is 1. The first-order valence-corrected chi connectivity index (χ1v) is 14.3. The third-order valence-corrected chi connectivity index (χ3v) is 8.30. The van der Waals surface area contributed by atoms with Crippen LogP contribution in [0.2, 0.25) is 0 Å². The minimum atomic E-state index is -0.212. The molecule has 37 heavy (non-hydrogen) atoms. The highest BCUT2D eigenvalue weighted by atomic mass is 32.2. The number of hydrogen-bond acceptors (Lipinski definition) is 6. The van der Waals surface area contributed by atoms with Crippen molar-refractivity contribution in [1.82, 2.24) is 9.47 Å². The van der Waals surface area contributed by atoms with Crippen LogP contribution in [0.3, 0.4) is 0 Å². The maximum atomic E-state index is 12.2. The fourth-order valence-corrected chi connectivity index (χ4v) is 6.61. The summed E-state index contributed by atoms with van der Waals surface area (Å²) in [7, 11) is 0. The maximum absolute atomic E-state index is 12.2. The molecular weight excluding hydrogens is 480 g/mol. The third kappa shape index (κ3) is 4.50. The second-order valence-corrected chi connectivity index (χ2v) is 10.6.